The molecule has 1 heterocycles. The topological polar surface area (TPSA) is 35.5 Å². The van der Waals surface area contributed by atoms with Crippen molar-refractivity contribution in [2.24, 2.45) is 0 Å². The number of alkyl halides is 2. The van der Waals surface area contributed by atoms with Crippen molar-refractivity contribution in [1.29, 1.82) is 0 Å². The van der Waals surface area contributed by atoms with Gasteiger partial charge in [-0.05, 0) is 18.2 Å². The third kappa shape index (κ3) is 4.55. The number of piperazine rings is 1. The van der Waals surface area contributed by atoms with Gasteiger partial charge in [-0.1, -0.05) is 15.9 Å². The average Bonchev–Trinajstić information content (AvgIpc) is 2.40. The zero-order valence-corrected chi connectivity index (χ0v) is 13.3. The standard InChI is InChI=1S/C13H17BrF2N2O.ClH/c14-9-1-2-12(19)10(7-9)11(8-13(15)16)18-5-3-17-4-6-18;/h1-2,7,11,13,17,19H,3-6,8H2;1H/t11-;/m0./s1. The van der Waals surface area contributed by atoms with E-state index >= 15 is 0 Å². The van der Waals surface area contributed by atoms with E-state index in [0.717, 1.165) is 17.6 Å². The number of nitrogens with one attached hydrogen (secondary N) is 1. The van der Waals surface area contributed by atoms with Gasteiger partial charge < -0.3 is 10.4 Å². The normalized spacial score (nSPS) is 17.8. The summed E-state index contributed by atoms with van der Waals surface area (Å²) >= 11 is 3.33. The lowest BCUT2D eigenvalue weighted by atomic mass is 10.0. The fourth-order valence-corrected chi connectivity index (χ4v) is 2.81. The molecule has 0 radical (unpaired) electrons. The zero-order valence-electron chi connectivity index (χ0n) is 10.9. The van der Waals surface area contributed by atoms with E-state index in [1.54, 1.807) is 18.2 Å². The van der Waals surface area contributed by atoms with Crippen LogP contribution >= 0.6 is 28.3 Å². The first kappa shape index (κ1) is 17.6. The molecule has 0 aliphatic carbocycles. The van der Waals surface area contributed by atoms with Gasteiger partial charge in [-0.2, -0.15) is 0 Å². The summed E-state index contributed by atoms with van der Waals surface area (Å²) in [7, 11) is 0. The van der Waals surface area contributed by atoms with Crippen LogP contribution in [0.5, 0.6) is 5.75 Å². The molecule has 1 saturated heterocycles. The van der Waals surface area contributed by atoms with Crippen LogP contribution in [0.2, 0.25) is 0 Å². The van der Waals surface area contributed by atoms with Crippen molar-refractivity contribution >= 4 is 28.3 Å². The second-order valence-electron chi connectivity index (χ2n) is 4.63. The van der Waals surface area contributed by atoms with E-state index in [1.807, 2.05) is 4.90 Å². The summed E-state index contributed by atoms with van der Waals surface area (Å²) < 4.78 is 26.4. The predicted octanol–water partition coefficient (Wildman–Crippen LogP) is 3.18. The van der Waals surface area contributed by atoms with Gasteiger partial charge in [-0.25, -0.2) is 8.78 Å². The van der Waals surface area contributed by atoms with Crippen LogP contribution in [-0.4, -0.2) is 42.6 Å². The summed E-state index contributed by atoms with van der Waals surface area (Å²) in [6.45, 7) is 3.00. The molecule has 0 amide bonds. The van der Waals surface area contributed by atoms with Crippen molar-refractivity contribution in [2.45, 2.75) is 18.9 Å². The highest BCUT2D eigenvalue weighted by Crippen LogP contribution is 2.35. The van der Waals surface area contributed by atoms with Crippen molar-refractivity contribution in [1.82, 2.24) is 10.2 Å². The monoisotopic (exact) mass is 370 g/mol. The van der Waals surface area contributed by atoms with Crippen molar-refractivity contribution in [3.05, 3.63) is 28.2 Å². The minimum atomic E-state index is -2.39. The lowest BCUT2D eigenvalue weighted by Crippen LogP contribution is -2.45. The minimum absolute atomic E-state index is 0. The van der Waals surface area contributed by atoms with Crippen molar-refractivity contribution in [3.8, 4) is 5.75 Å². The van der Waals surface area contributed by atoms with Gasteiger partial charge in [0.1, 0.15) is 5.75 Å². The molecule has 0 unspecified atom stereocenters. The quantitative estimate of drug-likeness (QED) is 0.853. The number of aromatic hydroxyl groups is 1. The third-order valence-electron chi connectivity index (χ3n) is 3.34. The maximum Gasteiger partial charge on any atom is 0.240 e. The molecule has 1 aliphatic heterocycles. The highest BCUT2D eigenvalue weighted by Gasteiger charge is 2.27. The maximum atomic E-state index is 12.8. The number of nitrogens with zero attached hydrogens (tertiary/aromatic N) is 1. The van der Waals surface area contributed by atoms with E-state index in [2.05, 4.69) is 21.2 Å². The lowest BCUT2D eigenvalue weighted by molar-refractivity contribution is 0.0729. The molecule has 0 spiro atoms. The van der Waals surface area contributed by atoms with Crippen LogP contribution in [-0.2, 0) is 0 Å². The van der Waals surface area contributed by atoms with Crippen LogP contribution in [0.1, 0.15) is 18.0 Å². The fourth-order valence-electron chi connectivity index (χ4n) is 2.43. The number of hydrogen-bond donors (Lipinski definition) is 2. The summed E-state index contributed by atoms with van der Waals surface area (Å²) in [6, 6.07) is 4.53. The van der Waals surface area contributed by atoms with Gasteiger partial charge in [-0.15, -0.1) is 12.4 Å². The molecule has 2 rings (SSSR count). The van der Waals surface area contributed by atoms with Crippen molar-refractivity contribution < 1.29 is 13.9 Å². The predicted molar refractivity (Wildman–Crippen MR) is 80.9 cm³/mol. The Morgan fingerprint density at radius 1 is 1.30 bits per heavy atom. The molecular weight excluding hydrogens is 354 g/mol. The van der Waals surface area contributed by atoms with E-state index < -0.39 is 12.5 Å². The van der Waals surface area contributed by atoms with Crippen molar-refractivity contribution in [3.63, 3.8) is 0 Å². The van der Waals surface area contributed by atoms with Gasteiger partial charge in [0, 0.05) is 48.7 Å². The number of phenols is 1. The Labute approximate surface area is 131 Å². The molecule has 0 saturated carbocycles. The van der Waals surface area contributed by atoms with E-state index in [-0.39, 0.29) is 24.6 Å². The van der Waals surface area contributed by atoms with Crippen molar-refractivity contribution in [2.75, 3.05) is 26.2 Å². The Morgan fingerprint density at radius 3 is 2.55 bits per heavy atom. The first-order valence-electron chi connectivity index (χ1n) is 6.29. The fraction of sp³-hybridized carbons (Fsp3) is 0.538. The van der Waals surface area contributed by atoms with Gasteiger partial charge in [-0.3, -0.25) is 4.90 Å². The summed E-state index contributed by atoms with van der Waals surface area (Å²) in [5, 5.41) is 13.1. The van der Waals surface area contributed by atoms with E-state index in [9.17, 15) is 13.9 Å². The molecule has 1 fully saturated rings. The SMILES string of the molecule is Cl.Oc1ccc(Br)cc1[C@H](CC(F)F)N1CCNCC1. The number of benzene rings is 1. The molecule has 1 aromatic rings. The smallest absolute Gasteiger partial charge is 0.240 e. The lowest BCUT2D eigenvalue weighted by Gasteiger charge is -2.35. The molecule has 2 N–H and O–H groups in total. The summed E-state index contributed by atoms with van der Waals surface area (Å²) in [5.74, 6) is 0.0763. The van der Waals surface area contributed by atoms with Crippen LogP contribution in [0.15, 0.2) is 22.7 Å². The molecular formula is C13H18BrClF2N2O. The largest absolute Gasteiger partial charge is 0.508 e. The summed E-state index contributed by atoms with van der Waals surface area (Å²) in [6.07, 6.45) is -2.65. The van der Waals surface area contributed by atoms with Crippen LogP contribution in [0.4, 0.5) is 8.78 Å². The number of rotatable bonds is 4. The van der Waals surface area contributed by atoms with E-state index in [0.29, 0.717) is 18.7 Å². The summed E-state index contributed by atoms with van der Waals surface area (Å²) in [4.78, 5) is 2.00. The van der Waals surface area contributed by atoms with Gasteiger partial charge >= 0.3 is 0 Å². The Kier molecular flexibility index (Phi) is 7.15. The highest BCUT2D eigenvalue weighted by molar-refractivity contribution is 9.10. The Balaban J connectivity index is 0.00000200. The number of hydrogen-bond acceptors (Lipinski definition) is 3. The first-order chi connectivity index (χ1) is 9.08. The maximum absolute atomic E-state index is 12.8. The molecule has 20 heavy (non-hydrogen) atoms. The molecule has 114 valence electrons. The molecule has 1 aromatic carbocycles. The van der Waals surface area contributed by atoms with Crippen LogP contribution in [0.3, 0.4) is 0 Å². The second-order valence-corrected chi connectivity index (χ2v) is 5.55. The minimum Gasteiger partial charge on any atom is -0.508 e. The molecule has 0 aromatic heterocycles. The Morgan fingerprint density at radius 2 is 1.95 bits per heavy atom. The van der Waals surface area contributed by atoms with Crippen LogP contribution in [0, 0.1) is 0 Å². The van der Waals surface area contributed by atoms with Gasteiger partial charge in [0.25, 0.3) is 0 Å². The molecule has 1 atom stereocenters. The number of phenolic OH excluding ortho intramolecular Hbond substituents is 1. The van der Waals surface area contributed by atoms with Gasteiger partial charge in [0.2, 0.25) is 6.43 Å². The first-order valence-corrected chi connectivity index (χ1v) is 7.08. The molecule has 0 bridgehead atoms. The van der Waals surface area contributed by atoms with Gasteiger partial charge in [0.15, 0.2) is 0 Å². The van der Waals surface area contributed by atoms with Crippen LogP contribution < -0.4 is 5.32 Å². The Bertz CT molecular complexity index is 431. The molecule has 1 aliphatic rings. The zero-order chi connectivity index (χ0) is 13.8. The number of halogens is 4. The van der Waals surface area contributed by atoms with Crippen LogP contribution in [0.25, 0.3) is 0 Å². The summed E-state index contributed by atoms with van der Waals surface area (Å²) in [5.41, 5.74) is 0.566. The third-order valence-corrected chi connectivity index (χ3v) is 3.84. The highest BCUT2D eigenvalue weighted by atomic mass is 79.9. The molecule has 7 heteroatoms. The average molecular weight is 372 g/mol. The van der Waals surface area contributed by atoms with E-state index in [1.165, 1.54) is 0 Å². The van der Waals surface area contributed by atoms with Gasteiger partial charge in [0.05, 0.1) is 0 Å². The Hall–Kier alpha value is -0.430. The second kappa shape index (κ2) is 8.12. The van der Waals surface area contributed by atoms with E-state index in [4.69, 9.17) is 0 Å². The molecule has 3 nitrogen and oxygen atoms in total.